The topological polar surface area (TPSA) is 159 Å². The van der Waals surface area contributed by atoms with Crippen LogP contribution in [0.5, 0.6) is 0 Å². The number of β-lactam (4-membered cyclic amide) rings is 1. The molecule has 2 amide bonds. The number of nitro benzene ring substituents is 1. The van der Waals surface area contributed by atoms with E-state index in [1.54, 1.807) is 35.7 Å². The number of likely N-dealkylation sites (tertiary alicyclic amines) is 1. The van der Waals surface area contributed by atoms with Gasteiger partial charge in [-0.2, -0.15) is 4.40 Å². The van der Waals surface area contributed by atoms with Crippen molar-refractivity contribution in [3.8, 4) is 0 Å². The van der Waals surface area contributed by atoms with Gasteiger partial charge in [-0.05, 0) is 30.9 Å². The molecular weight excluding hydrogens is 634 g/mol. The Balaban J connectivity index is 0.00000384. The number of carbonyl (C=O) groups excluding carboxylic acids is 2. The molecule has 5 heterocycles. The van der Waals surface area contributed by atoms with E-state index in [1.165, 1.54) is 28.4 Å². The number of aromatic nitrogens is 2. The first kappa shape index (κ1) is 31.8. The molecule has 2 saturated heterocycles. The zero-order valence-corrected chi connectivity index (χ0v) is 26.3. The molecule has 6 rings (SSSR count). The zero-order chi connectivity index (χ0) is 30.7. The number of hydrogen-bond donors (Lipinski definition) is 2. The van der Waals surface area contributed by atoms with Gasteiger partial charge in [0.1, 0.15) is 24.5 Å². The number of carboxylic acids is 1. The number of nitrogens with zero attached hydrogens (tertiary/aromatic N) is 5. The summed E-state index contributed by atoms with van der Waals surface area (Å²) in [5, 5.41) is 32.0. The maximum Gasteiger partial charge on any atom is 0.410 e. The number of carboxylic acid groups (broad SMARTS) is 1. The molecule has 1 aromatic carbocycles. The largest absolute Gasteiger partial charge is 1.00 e. The number of ether oxygens (including phenoxy) is 1. The molecule has 0 aliphatic carbocycles. The number of benzene rings is 1. The molecule has 2 fully saturated rings. The lowest BCUT2D eigenvalue weighted by Crippen LogP contribution is -3.00. The lowest BCUT2D eigenvalue weighted by atomic mass is 9.77. The Morgan fingerprint density at radius 3 is 2.61 bits per heavy atom. The highest BCUT2D eigenvalue weighted by atomic mass is 35.5. The molecule has 3 aliphatic heterocycles. The number of hydrogen-bond acceptors (Lipinski definition) is 9. The number of nitro groups is 1. The van der Waals surface area contributed by atoms with Crippen LogP contribution in [0.1, 0.15) is 36.8 Å². The normalized spacial score (nSPS) is 23.4. The molecule has 3 aromatic rings. The Hall–Kier alpha value is -3.66. The van der Waals surface area contributed by atoms with Gasteiger partial charge in [-0.1, -0.05) is 30.0 Å². The average Bonchev–Trinajstić information content (AvgIpc) is 3.72. The molecule has 234 valence electrons. The fraction of sp³-hybridized carbons (Fsp3) is 0.429. The van der Waals surface area contributed by atoms with E-state index >= 15 is 0 Å². The fourth-order valence-electron chi connectivity index (χ4n) is 6.46. The van der Waals surface area contributed by atoms with Gasteiger partial charge in [0.15, 0.2) is 0 Å². The number of thioether (sulfide) groups is 1. The minimum atomic E-state index is -1.16. The summed E-state index contributed by atoms with van der Waals surface area (Å²) < 4.78 is 9.56. The third kappa shape index (κ3) is 5.10. The summed E-state index contributed by atoms with van der Waals surface area (Å²) in [7, 11) is 0. The average molecular weight is 664 g/mol. The maximum absolute atomic E-state index is 12.8. The predicted molar refractivity (Wildman–Crippen MR) is 155 cm³/mol. The molecule has 2 aromatic heterocycles. The van der Waals surface area contributed by atoms with E-state index in [-0.39, 0.29) is 54.3 Å². The second-order valence-corrected chi connectivity index (χ2v) is 12.9. The smallest absolute Gasteiger partial charge is 0.410 e. The molecule has 0 spiro atoms. The van der Waals surface area contributed by atoms with Crippen molar-refractivity contribution in [2.45, 2.75) is 50.1 Å². The van der Waals surface area contributed by atoms with Crippen LogP contribution in [-0.4, -0.2) is 78.8 Å². The first-order valence-electron chi connectivity index (χ1n) is 13.7. The van der Waals surface area contributed by atoms with E-state index in [4.69, 9.17) is 4.74 Å². The standard InChI is InChI=1S/C28H29N5O8S2.ClH/c1-14-20(23(27(36)37)32-22(14)21(15(2)34)24(32)35)19-11-30-13-31(26(42-3)25(30)43-19)18-8-9-29(10-18)28(38)41-12-16-4-6-17(7-5-16)33(39)40;/h4-7,11,13-15,18,21-22,34H,8-10,12H2,1-3H3;1H/t14-,15+,18?,21+,22+;/m0./s1. The van der Waals surface area contributed by atoms with Gasteiger partial charge in [-0.3, -0.25) is 14.9 Å². The van der Waals surface area contributed by atoms with Gasteiger partial charge < -0.3 is 37.2 Å². The minimum absolute atomic E-state index is 0. The van der Waals surface area contributed by atoms with Crippen molar-refractivity contribution in [1.82, 2.24) is 14.2 Å². The van der Waals surface area contributed by atoms with Gasteiger partial charge in [-0.25, -0.2) is 14.2 Å². The quantitative estimate of drug-likeness (QED) is 0.113. The summed E-state index contributed by atoms with van der Waals surface area (Å²) in [5.74, 6) is -2.39. The van der Waals surface area contributed by atoms with Crippen LogP contribution in [0.3, 0.4) is 0 Å². The molecule has 13 nitrogen and oxygen atoms in total. The van der Waals surface area contributed by atoms with Gasteiger partial charge in [0.25, 0.3) is 12.0 Å². The Labute approximate surface area is 266 Å². The van der Waals surface area contributed by atoms with Crippen LogP contribution in [-0.2, 0) is 20.9 Å². The van der Waals surface area contributed by atoms with Crippen LogP contribution >= 0.6 is 23.1 Å². The molecule has 2 N–H and O–H groups in total. The highest BCUT2D eigenvalue weighted by Gasteiger charge is 2.60. The maximum atomic E-state index is 12.8. The van der Waals surface area contributed by atoms with E-state index in [9.17, 15) is 34.7 Å². The highest BCUT2D eigenvalue weighted by molar-refractivity contribution is 7.98. The molecule has 0 radical (unpaired) electrons. The Bertz CT molecular complexity index is 1690. The molecular formula is C28H30ClN5O8S2. The van der Waals surface area contributed by atoms with Gasteiger partial charge in [0.05, 0.1) is 34.4 Å². The number of imidazole rings is 1. The SMILES string of the molecule is CSc1c2sc(C3=C(C(=O)O)N4C(=O)[C@H]([C@@H](C)O)[C@H]4[C@H]3C)cn2c[n+]1C1CCN(C(=O)OCc2ccc([N+](=O)[O-])cc2)C1.[Cl-]. The number of rotatable bonds is 8. The lowest BCUT2D eigenvalue weighted by Gasteiger charge is -2.46. The number of aliphatic hydroxyl groups excluding tert-OH is 1. The van der Waals surface area contributed by atoms with E-state index < -0.39 is 29.0 Å². The van der Waals surface area contributed by atoms with Gasteiger partial charge in [-0.15, -0.1) is 0 Å². The van der Waals surface area contributed by atoms with Crippen molar-refractivity contribution in [3.05, 3.63) is 63.0 Å². The lowest BCUT2D eigenvalue weighted by molar-refractivity contribution is -0.751. The number of aliphatic carboxylic acids is 1. The number of amides is 2. The van der Waals surface area contributed by atoms with Crippen LogP contribution < -0.4 is 17.0 Å². The second kappa shape index (κ2) is 12.0. The van der Waals surface area contributed by atoms with Crippen LogP contribution in [0.4, 0.5) is 10.5 Å². The third-order valence-electron chi connectivity index (χ3n) is 8.52. The third-order valence-corrected chi connectivity index (χ3v) is 10.6. The zero-order valence-electron chi connectivity index (χ0n) is 24.0. The predicted octanol–water partition coefficient (Wildman–Crippen LogP) is 0.159. The number of non-ortho nitro benzene ring substituents is 1. The van der Waals surface area contributed by atoms with Crippen LogP contribution in [0, 0.1) is 22.0 Å². The summed E-state index contributed by atoms with van der Waals surface area (Å²) >= 11 is 3.02. The molecule has 5 atom stereocenters. The first-order chi connectivity index (χ1) is 20.5. The summed E-state index contributed by atoms with van der Waals surface area (Å²) in [5.41, 5.74) is 1.22. The van der Waals surface area contributed by atoms with Crippen molar-refractivity contribution in [2.24, 2.45) is 11.8 Å². The molecule has 0 bridgehead atoms. The van der Waals surface area contributed by atoms with Crippen LogP contribution in [0.2, 0.25) is 0 Å². The molecule has 0 saturated carbocycles. The summed E-state index contributed by atoms with van der Waals surface area (Å²) in [6.45, 7) is 4.45. The number of thiazole rings is 1. The molecule has 16 heteroatoms. The first-order valence-corrected chi connectivity index (χ1v) is 15.8. The minimum Gasteiger partial charge on any atom is -1.00 e. The number of aliphatic hydroxyl groups is 1. The van der Waals surface area contributed by atoms with Crippen molar-refractivity contribution >= 4 is 57.2 Å². The Morgan fingerprint density at radius 1 is 1.30 bits per heavy atom. The van der Waals surface area contributed by atoms with E-state index in [2.05, 4.69) is 4.57 Å². The van der Waals surface area contributed by atoms with Crippen molar-refractivity contribution in [1.29, 1.82) is 0 Å². The van der Waals surface area contributed by atoms with Crippen LogP contribution in [0.15, 0.2) is 47.5 Å². The molecule has 3 aliphatic rings. The number of carbonyl (C=O) groups is 3. The molecule has 44 heavy (non-hydrogen) atoms. The van der Waals surface area contributed by atoms with Gasteiger partial charge in [0.2, 0.25) is 15.8 Å². The van der Waals surface area contributed by atoms with Gasteiger partial charge >= 0.3 is 12.1 Å². The second-order valence-electron chi connectivity index (χ2n) is 11.0. The summed E-state index contributed by atoms with van der Waals surface area (Å²) in [4.78, 5) is 52.9. The highest BCUT2D eigenvalue weighted by Crippen LogP contribution is 2.51. The number of fused-ring (bicyclic) bond motifs is 2. The Kier molecular flexibility index (Phi) is 8.68. The van der Waals surface area contributed by atoms with E-state index in [0.29, 0.717) is 24.2 Å². The van der Waals surface area contributed by atoms with E-state index in [0.717, 1.165) is 21.2 Å². The monoisotopic (exact) mass is 663 g/mol. The van der Waals surface area contributed by atoms with Crippen molar-refractivity contribution in [2.75, 3.05) is 19.3 Å². The van der Waals surface area contributed by atoms with E-state index in [1.807, 2.05) is 30.1 Å². The summed E-state index contributed by atoms with van der Waals surface area (Å²) in [6.07, 6.45) is 5.22. The summed E-state index contributed by atoms with van der Waals surface area (Å²) in [6, 6.07) is 5.50. The van der Waals surface area contributed by atoms with Crippen molar-refractivity contribution < 1.29 is 51.2 Å². The Morgan fingerprint density at radius 2 is 2.00 bits per heavy atom. The fourth-order valence-corrected chi connectivity index (χ4v) is 8.69. The molecule has 1 unspecified atom stereocenters. The number of halogens is 1. The van der Waals surface area contributed by atoms with Gasteiger partial charge in [0, 0.05) is 36.6 Å². The van der Waals surface area contributed by atoms with Crippen LogP contribution in [0.25, 0.3) is 10.4 Å². The van der Waals surface area contributed by atoms with Crippen molar-refractivity contribution in [3.63, 3.8) is 0 Å².